The second-order valence-electron chi connectivity index (χ2n) is 5.21. The molecule has 0 aromatic carbocycles. The second-order valence-corrected chi connectivity index (χ2v) is 5.21. The Labute approximate surface area is 93.1 Å². The molecular formula is C12H25NO2. The monoisotopic (exact) mass is 215 g/mol. The van der Waals surface area contributed by atoms with Crippen molar-refractivity contribution >= 4 is 0 Å². The van der Waals surface area contributed by atoms with Gasteiger partial charge in [-0.2, -0.15) is 0 Å². The summed E-state index contributed by atoms with van der Waals surface area (Å²) in [5.74, 6) is 0.668. The average Bonchev–Trinajstić information content (AvgIpc) is 2.44. The molecule has 1 heterocycles. The zero-order valence-electron chi connectivity index (χ0n) is 10.2. The van der Waals surface area contributed by atoms with Gasteiger partial charge in [-0.25, -0.2) is 0 Å². The van der Waals surface area contributed by atoms with Gasteiger partial charge in [0, 0.05) is 19.7 Å². The molecule has 0 aliphatic carbocycles. The molecule has 0 spiro atoms. The van der Waals surface area contributed by atoms with Crippen molar-refractivity contribution in [2.24, 2.45) is 11.8 Å². The number of likely N-dealkylation sites (tertiary alicyclic amines) is 1. The number of unbranched alkanes of at least 4 members (excludes halogenated alkanes) is 1. The Morgan fingerprint density at radius 1 is 1.40 bits per heavy atom. The predicted molar refractivity (Wildman–Crippen MR) is 61.7 cm³/mol. The van der Waals surface area contributed by atoms with E-state index < -0.39 is 5.60 Å². The molecule has 0 unspecified atom stereocenters. The highest BCUT2D eigenvalue weighted by molar-refractivity contribution is 4.97. The van der Waals surface area contributed by atoms with Gasteiger partial charge in [0.15, 0.2) is 0 Å². The summed E-state index contributed by atoms with van der Waals surface area (Å²) in [5, 5.41) is 19.2. The minimum Gasteiger partial charge on any atom is -0.396 e. The molecule has 0 bridgehead atoms. The van der Waals surface area contributed by atoms with Crippen molar-refractivity contribution in [2.45, 2.75) is 39.2 Å². The zero-order valence-corrected chi connectivity index (χ0v) is 10.2. The number of β-amino-alcohol motifs (C(OH)–C–C–N with tert-alkyl or cyclic N) is 1. The molecule has 2 atom stereocenters. The maximum Gasteiger partial charge on any atom is 0.0834 e. The van der Waals surface area contributed by atoms with E-state index in [-0.39, 0.29) is 6.61 Å². The third kappa shape index (κ3) is 2.92. The van der Waals surface area contributed by atoms with E-state index in [4.69, 9.17) is 5.11 Å². The lowest BCUT2D eigenvalue weighted by molar-refractivity contribution is -0.0252. The van der Waals surface area contributed by atoms with Crippen LogP contribution >= 0.6 is 0 Å². The van der Waals surface area contributed by atoms with Crippen molar-refractivity contribution in [1.82, 2.24) is 4.90 Å². The average molecular weight is 215 g/mol. The predicted octanol–water partition coefficient (Wildman–Crippen LogP) is 1.10. The fourth-order valence-electron chi connectivity index (χ4n) is 2.49. The summed E-state index contributed by atoms with van der Waals surface area (Å²) in [4.78, 5) is 2.32. The Morgan fingerprint density at radius 3 is 2.53 bits per heavy atom. The first-order chi connectivity index (χ1) is 7.00. The Balaban J connectivity index is 2.41. The number of hydrogen-bond donors (Lipinski definition) is 2. The summed E-state index contributed by atoms with van der Waals surface area (Å²) >= 11 is 0. The van der Waals surface area contributed by atoms with E-state index in [1.54, 1.807) is 0 Å². The van der Waals surface area contributed by atoms with Gasteiger partial charge in [-0.1, -0.05) is 20.8 Å². The highest BCUT2D eigenvalue weighted by atomic mass is 16.3. The summed E-state index contributed by atoms with van der Waals surface area (Å²) in [6.45, 7) is 9.36. The molecule has 1 aliphatic rings. The summed E-state index contributed by atoms with van der Waals surface area (Å²) in [6, 6.07) is 0. The van der Waals surface area contributed by atoms with Gasteiger partial charge in [0.2, 0.25) is 0 Å². The SMILES string of the molecule is CC(C)[C@]1(O)CN(CCCCO)C[C@H]1C. The highest BCUT2D eigenvalue weighted by Gasteiger charge is 2.44. The Hall–Kier alpha value is -0.120. The van der Waals surface area contributed by atoms with E-state index in [1.165, 1.54) is 0 Å². The first-order valence-corrected chi connectivity index (χ1v) is 6.06. The van der Waals surface area contributed by atoms with Gasteiger partial charge < -0.3 is 15.1 Å². The van der Waals surface area contributed by atoms with Crippen LogP contribution in [-0.4, -0.2) is 47.0 Å². The normalized spacial score (nSPS) is 32.8. The van der Waals surface area contributed by atoms with Gasteiger partial charge in [0.1, 0.15) is 0 Å². The van der Waals surface area contributed by atoms with Crippen LogP contribution in [0.2, 0.25) is 0 Å². The lowest BCUT2D eigenvalue weighted by Gasteiger charge is -2.31. The molecule has 90 valence electrons. The quantitative estimate of drug-likeness (QED) is 0.675. The van der Waals surface area contributed by atoms with Crippen LogP contribution in [-0.2, 0) is 0 Å². The molecule has 0 aromatic heterocycles. The number of hydrogen-bond acceptors (Lipinski definition) is 3. The van der Waals surface area contributed by atoms with Gasteiger partial charge in [0.25, 0.3) is 0 Å². The van der Waals surface area contributed by atoms with Gasteiger partial charge in [-0.15, -0.1) is 0 Å². The Kier molecular flexibility index (Phi) is 4.56. The van der Waals surface area contributed by atoms with Crippen LogP contribution < -0.4 is 0 Å². The van der Waals surface area contributed by atoms with Crippen molar-refractivity contribution < 1.29 is 10.2 Å². The maximum absolute atomic E-state index is 10.5. The topological polar surface area (TPSA) is 43.7 Å². The van der Waals surface area contributed by atoms with Crippen LogP contribution in [0.25, 0.3) is 0 Å². The van der Waals surface area contributed by atoms with Crippen molar-refractivity contribution in [3.63, 3.8) is 0 Å². The molecule has 1 aliphatic heterocycles. The summed E-state index contributed by atoms with van der Waals surface area (Å²) in [5.41, 5.74) is -0.515. The Morgan fingerprint density at radius 2 is 2.07 bits per heavy atom. The van der Waals surface area contributed by atoms with E-state index in [2.05, 4.69) is 25.7 Å². The van der Waals surface area contributed by atoms with E-state index in [0.29, 0.717) is 11.8 Å². The molecule has 3 nitrogen and oxygen atoms in total. The maximum atomic E-state index is 10.5. The molecule has 1 rings (SSSR count). The zero-order chi connectivity index (χ0) is 11.5. The third-order valence-corrected chi connectivity index (χ3v) is 3.74. The third-order valence-electron chi connectivity index (χ3n) is 3.74. The molecule has 1 fully saturated rings. The van der Waals surface area contributed by atoms with Crippen molar-refractivity contribution in [3.05, 3.63) is 0 Å². The van der Waals surface area contributed by atoms with Crippen molar-refractivity contribution in [1.29, 1.82) is 0 Å². The molecule has 0 saturated carbocycles. The van der Waals surface area contributed by atoms with Crippen molar-refractivity contribution in [2.75, 3.05) is 26.2 Å². The van der Waals surface area contributed by atoms with E-state index in [9.17, 15) is 5.11 Å². The lowest BCUT2D eigenvalue weighted by atomic mass is 9.82. The molecule has 3 heteroatoms. The second kappa shape index (κ2) is 5.28. The summed E-state index contributed by atoms with van der Waals surface area (Å²) in [6.07, 6.45) is 1.89. The lowest BCUT2D eigenvalue weighted by Crippen LogP contribution is -2.42. The standard InChI is InChI=1S/C12H25NO2/c1-10(2)12(15)9-13(8-11(12)3)6-4-5-7-14/h10-11,14-15H,4-9H2,1-3H3/t11-,12-/m1/s1. The number of aliphatic hydroxyl groups excluding tert-OH is 1. The smallest absolute Gasteiger partial charge is 0.0834 e. The molecule has 0 amide bonds. The van der Waals surface area contributed by atoms with Crippen LogP contribution in [0.4, 0.5) is 0 Å². The fourth-order valence-corrected chi connectivity index (χ4v) is 2.49. The molecule has 2 N–H and O–H groups in total. The minimum atomic E-state index is -0.515. The molecular weight excluding hydrogens is 190 g/mol. The van der Waals surface area contributed by atoms with Gasteiger partial charge >= 0.3 is 0 Å². The minimum absolute atomic E-state index is 0.276. The number of nitrogens with zero attached hydrogens (tertiary/aromatic N) is 1. The number of aliphatic hydroxyl groups is 2. The first kappa shape index (κ1) is 12.9. The highest BCUT2D eigenvalue weighted by Crippen LogP contribution is 2.33. The molecule has 0 radical (unpaired) electrons. The van der Waals surface area contributed by atoms with Crippen LogP contribution in [0.15, 0.2) is 0 Å². The van der Waals surface area contributed by atoms with Gasteiger partial charge in [0.05, 0.1) is 5.60 Å². The molecule has 15 heavy (non-hydrogen) atoms. The Bertz CT molecular complexity index is 196. The van der Waals surface area contributed by atoms with E-state index in [0.717, 1.165) is 32.5 Å². The largest absolute Gasteiger partial charge is 0.396 e. The fraction of sp³-hybridized carbons (Fsp3) is 1.00. The molecule has 1 saturated heterocycles. The van der Waals surface area contributed by atoms with Crippen LogP contribution in [0.1, 0.15) is 33.6 Å². The van der Waals surface area contributed by atoms with Crippen LogP contribution in [0.3, 0.4) is 0 Å². The van der Waals surface area contributed by atoms with Gasteiger partial charge in [-0.3, -0.25) is 0 Å². The summed E-state index contributed by atoms with van der Waals surface area (Å²) in [7, 11) is 0. The summed E-state index contributed by atoms with van der Waals surface area (Å²) < 4.78 is 0. The van der Waals surface area contributed by atoms with Gasteiger partial charge in [-0.05, 0) is 31.2 Å². The van der Waals surface area contributed by atoms with Crippen molar-refractivity contribution in [3.8, 4) is 0 Å². The van der Waals surface area contributed by atoms with E-state index >= 15 is 0 Å². The number of rotatable bonds is 5. The van der Waals surface area contributed by atoms with Crippen LogP contribution in [0, 0.1) is 11.8 Å². The first-order valence-electron chi connectivity index (χ1n) is 6.06. The van der Waals surface area contributed by atoms with Crippen LogP contribution in [0.5, 0.6) is 0 Å². The molecule has 0 aromatic rings. The van der Waals surface area contributed by atoms with E-state index in [1.807, 2.05) is 0 Å².